The number of terminal acetylenes is 1. The molecule has 1 unspecified atom stereocenters. The summed E-state index contributed by atoms with van der Waals surface area (Å²) < 4.78 is 5.49. The largest absolute Gasteiger partial charge is 0.379 e. The van der Waals surface area contributed by atoms with E-state index in [0.29, 0.717) is 25.8 Å². The van der Waals surface area contributed by atoms with Gasteiger partial charge in [0.15, 0.2) is 5.66 Å². The van der Waals surface area contributed by atoms with E-state index in [4.69, 9.17) is 11.2 Å². The highest BCUT2D eigenvalue weighted by Gasteiger charge is 2.39. The van der Waals surface area contributed by atoms with Crippen LogP contribution in [0.5, 0.6) is 0 Å². The second kappa shape index (κ2) is 9.12. The lowest BCUT2D eigenvalue weighted by atomic mass is 10.0. The maximum atomic E-state index is 12.4. The fourth-order valence-corrected chi connectivity index (χ4v) is 3.50. The van der Waals surface area contributed by atoms with Crippen molar-refractivity contribution in [3.05, 3.63) is 35.4 Å². The Balaban J connectivity index is 1.54. The van der Waals surface area contributed by atoms with Gasteiger partial charge < -0.3 is 10.1 Å². The molecular weight excluding hydrogens is 340 g/mol. The van der Waals surface area contributed by atoms with E-state index in [1.165, 1.54) is 11.1 Å². The van der Waals surface area contributed by atoms with Gasteiger partial charge >= 0.3 is 0 Å². The van der Waals surface area contributed by atoms with Crippen LogP contribution in [0.2, 0.25) is 0 Å². The molecule has 0 aliphatic carbocycles. The summed E-state index contributed by atoms with van der Waals surface area (Å²) in [4.78, 5) is 14.8. The number of morpholine rings is 1. The molecule has 1 N–H and O–H groups in total. The topological polar surface area (TPSA) is 66.3 Å². The lowest BCUT2D eigenvalue weighted by Gasteiger charge is -2.35. The standard InChI is InChI=1S/C21H28N4O2/c1-3-4-9-21(23-24-21)10-8-20(26)22-16-19(25-11-13-27-14-12-25)18-7-5-6-17(2)15-18/h1,5-7,15,19H,4,8-14,16H2,2H3,(H,22,26). The van der Waals surface area contributed by atoms with E-state index in [-0.39, 0.29) is 11.9 Å². The molecule has 0 aromatic heterocycles. The summed E-state index contributed by atoms with van der Waals surface area (Å²) in [6.07, 6.45) is 7.73. The molecule has 6 nitrogen and oxygen atoms in total. The molecule has 3 rings (SSSR count). The van der Waals surface area contributed by atoms with E-state index < -0.39 is 5.66 Å². The predicted octanol–water partition coefficient (Wildman–Crippen LogP) is 2.84. The Morgan fingerprint density at radius 3 is 2.81 bits per heavy atom. The highest BCUT2D eigenvalue weighted by molar-refractivity contribution is 5.76. The third kappa shape index (κ3) is 5.62. The quantitative estimate of drug-likeness (QED) is 0.682. The van der Waals surface area contributed by atoms with Crippen LogP contribution in [0.15, 0.2) is 34.5 Å². The van der Waals surface area contributed by atoms with Crippen molar-refractivity contribution in [2.75, 3.05) is 32.8 Å². The van der Waals surface area contributed by atoms with Crippen molar-refractivity contribution in [3.63, 3.8) is 0 Å². The summed E-state index contributed by atoms with van der Waals surface area (Å²) in [6, 6.07) is 8.66. The van der Waals surface area contributed by atoms with Crippen LogP contribution < -0.4 is 5.32 Å². The van der Waals surface area contributed by atoms with Gasteiger partial charge in [-0.3, -0.25) is 9.69 Å². The molecule has 2 heterocycles. The predicted molar refractivity (Wildman–Crippen MR) is 104 cm³/mol. The molecule has 27 heavy (non-hydrogen) atoms. The summed E-state index contributed by atoms with van der Waals surface area (Å²) >= 11 is 0. The van der Waals surface area contributed by atoms with Crippen LogP contribution in [0.1, 0.15) is 42.9 Å². The van der Waals surface area contributed by atoms with Crippen molar-refractivity contribution in [2.24, 2.45) is 10.2 Å². The smallest absolute Gasteiger partial charge is 0.220 e. The first-order valence-corrected chi connectivity index (χ1v) is 9.64. The highest BCUT2D eigenvalue weighted by atomic mass is 16.5. The Hall–Kier alpha value is -2.23. The van der Waals surface area contributed by atoms with Crippen LogP contribution in [-0.2, 0) is 9.53 Å². The number of hydrogen-bond donors (Lipinski definition) is 1. The molecule has 144 valence electrons. The van der Waals surface area contributed by atoms with E-state index in [2.05, 4.69) is 57.6 Å². The lowest BCUT2D eigenvalue weighted by molar-refractivity contribution is -0.121. The molecule has 0 radical (unpaired) electrons. The number of benzene rings is 1. The Morgan fingerprint density at radius 2 is 2.15 bits per heavy atom. The van der Waals surface area contributed by atoms with Crippen LogP contribution in [-0.4, -0.2) is 49.3 Å². The minimum absolute atomic E-state index is 0.0401. The first kappa shape index (κ1) is 19.5. The van der Waals surface area contributed by atoms with Crippen molar-refractivity contribution in [1.29, 1.82) is 0 Å². The second-order valence-electron chi connectivity index (χ2n) is 7.27. The number of carbonyl (C=O) groups is 1. The number of aryl methyl sites for hydroxylation is 1. The van der Waals surface area contributed by atoms with Crippen molar-refractivity contribution < 1.29 is 9.53 Å². The lowest BCUT2D eigenvalue weighted by Crippen LogP contribution is -2.43. The Labute approximate surface area is 161 Å². The maximum absolute atomic E-state index is 12.4. The van der Waals surface area contributed by atoms with Gasteiger partial charge in [-0.15, -0.1) is 12.3 Å². The molecule has 0 spiro atoms. The van der Waals surface area contributed by atoms with Gasteiger partial charge in [-0.05, 0) is 12.5 Å². The number of carbonyl (C=O) groups excluding carboxylic acids is 1. The molecule has 1 amide bonds. The van der Waals surface area contributed by atoms with Crippen LogP contribution in [0.4, 0.5) is 0 Å². The average Bonchev–Trinajstić information content (AvgIpc) is 3.46. The van der Waals surface area contributed by atoms with Crippen molar-refractivity contribution >= 4 is 5.91 Å². The minimum atomic E-state index is -0.399. The van der Waals surface area contributed by atoms with Crippen molar-refractivity contribution in [2.45, 2.75) is 44.3 Å². The summed E-state index contributed by atoms with van der Waals surface area (Å²) in [5.41, 5.74) is 2.06. The van der Waals surface area contributed by atoms with E-state index >= 15 is 0 Å². The van der Waals surface area contributed by atoms with E-state index in [9.17, 15) is 4.79 Å². The molecule has 6 heteroatoms. The molecule has 0 bridgehead atoms. The Kier molecular flexibility index (Phi) is 6.59. The van der Waals surface area contributed by atoms with Gasteiger partial charge in [0.2, 0.25) is 5.91 Å². The normalized spacial score (nSPS) is 19.3. The van der Waals surface area contributed by atoms with Gasteiger partial charge in [-0.2, -0.15) is 10.2 Å². The number of nitrogens with zero attached hydrogens (tertiary/aromatic N) is 3. The molecule has 1 aromatic rings. The van der Waals surface area contributed by atoms with Crippen LogP contribution >= 0.6 is 0 Å². The molecule has 1 saturated heterocycles. The van der Waals surface area contributed by atoms with E-state index in [1.807, 2.05) is 0 Å². The van der Waals surface area contributed by atoms with Crippen LogP contribution in [0, 0.1) is 19.3 Å². The summed E-state index contributed by atoms with van der Waals surface area (Å²) in [6.45, 7) is 5.90. The molecular formula is C21H28N4O2. The number of hydrogen-bond acceptors (Lipinski definition) is 5. The molecule has 2 aliphatic rings. The molecule has 1 aromatic carbocycles. The third-order valence-electron chi connectivity index (χ3n) is 5.21. The molecule has 1 atom stereocenters. The number of rotatable bonds is 9. The number of nitrogens with one attached hydrogen (secondary N) is 1. The number of amides is 1. The average molecular weight is 368 g/mol. The Morgan fingerprint density at radius 1 is 1.37 bits per heavy atom. The fourth-order valence-electron chi connectivity index (χ4n) is 3.50. The molecule has 0 saturated carbocycles. The first-order valence-electron chi connectivity index (χ1n) is 9.64. The van der Waals surface area contributed by atoms with Gasteiger partial charge in [-0.25, -0.2) is 0 Å². The van der Waals surface area contributed by atoms with Gasteiger partial charge in [0.1, 0.15) is 0 Å². The zero-order chi connectivity index (χ0) is 19.1. The number of ether oxygens (including phenoxy) is 1. The van der Waals surface area contributed by atoms with Crippen molar-refractivity contribution in [1.82, 2.24) is 10.2 Å². The summed E-state index contributed by atoms with van der Waals surface area (Å²) in [5, 5.41) is 11.3. The van der Waals surface area contributed by atoms with E-state index in [1.54, 1.807) is 0 Å². The Bertz CT molecular complexity index is 713. The second-order valence-corrected chi connectivity index (χ2v) is 7.27. The summed E-state index contributed by atoms with van der Waals surface area (Å²) in [5.74, 6) is 2.65. The fraction of sp³-hybridized carbons (Fsp3) is 0.571. The first-order chi connectivity index (χ1) is 13.1. The summed E-state index contributed by atoms with van der Waals surface area (Å²) in [7, 11) is 0. The SMILES string of the molecule is C#CCCC1(CCC(=O)NCC(c2cccc(C)c2)N2CCOCC2)N=N1. The maximum Gasteiger partial charge on any atom is 0.220 e. The van der Waals surface area contributed by atoms with Crippen LogP contribution in [0.3, 0.4) is 0 Å². The van der Waals surface area contributed by atoms with Gasteiger partial charge in [-0.1, -0.05) is 29.8 Å². The zero-order valence-corrected chi connectivity index (χ0v) is 16.0. The molecule has 1 fully saturated rings. The zero-order valence-electron chi connectivity index (χ0n) is 16.0. The van der Waals surface area contributed by atoms with E-state index in [0.717, 1.165) is 32.7 Å². The van der Waals surface area contributed by atoms with Gasteiger partial charge in [0.25, 0.3) is 0 Å². The van der Waals surface area contributed by atoms with Crippen LogP contribution in [0.25, 0.3) is 0 Å². The molecule has 2 aliphatic heterocycles. The van der Waals surface area contributed by atoms with Gasteiger partial charge in [0, 0.05) is 45.3 Å². The van der Waals surface area contributed by atoms with Crippen molar-refractivity contribution in [3.8, 4) is 12.3 Å². The highest BCUT2D eigenvalue weighted by Crippen LogP contribution is 2.37. The third-order valence-corrected chi connectivity index (χ3v) is 5.21. The minimum Gasteiger partial charge on any atom is -0.379 e. The monoisotopic (exact) mass is 368 g/mol. The van der Waals surface area contributed by atoms with Gasteiger partial charge in [0.05, 0.1) is 19.3 Å².